The highest BCUT2D eigenvalue weighted by atomic mass is 16.3. The number of benzene rings is 1. The zero-order valence-corrected chi connectivity index (χ0v) is 8.66. The summed E-state index contributed by atoms with van der Waals surface area (Å²) in [4.78, 5) is 13.3. The maximum Gasteiger partial charge on any atom is 0.271 e. The number of anilines is 1. The number of para-hydroxylation sites is 1. The molecular weight excluding hydrogens is 222 g/mol. The summed E-state index contributed by atoms with van der Waals surface area (Å²) in [5, 5.41) is 20.3. The van der Waals surface area contributed by atoms with E-state index in [0.29, 0.717) is 5.56 Å². The van der Waals surface area contributed by atoms with Crippen LogP contribution in [0.3, 0.4) is 0 Å². The van der Waals surface area contributed by atoms with Crippen molar-refractivity contribution in [2.24, 2.45) is 5.10 Å². The standard InChI is InChI=1S/C10H9N5O2/c16-8-4-2-1-3-7(8)5-11-14-10-13-9(17)6-12-15-10/h1-6,16H,(H2,13,14,15,17). The SMILES string of the molecule is O=c1cnnc(NN=Cc2ccccc2O)[nH]1. The quantitative estimate of drug-likeness (QED) is 0.521. The number of phenolic OH excluding ortho intramolecular Hbond substituents is 1. The van der Waals surface area contributed by atoms with Crippen molar-refractivity contribution in [3.63, 3.8) is 0 Å². The molecule has 2 aromatic rings. The predicted molar refractivity (Wildman–Crippen MR) is 62.0 cm³/mol. The second-order valence-electron chi connectivity index (χ2n) is 3.11. The van der Waals surface area contributed by atoms with Crippen molar-refractivity contribution in [2.75, 3.05) is 5.43 Å². The van der Waals surface area contributed by atoms with E-state index < -0.39 is 0 Å². The van der Waals surface area contributed by atoms with Crippen molar-refractivity contribution < 1.29 is 5.11 Å². The topological polar surface area (TPSA) is 103 Å². The van der Waals surface area contributed by atoms with Crippen LogP contribution in [0.5, 0.6) is 5.75 Å². The van der Waals surface area contributed by atoms with Crippen LogP contribution in [0.15, 0.2) is 40.4 Å². The summed E-state index contributed by atoms with van der Waals surface area (Å²) >= 11 is 0. The summed E-state index contributed by atoms with van der Waals surface area (Å²) in [6.07, 6.45) is 2.46. The third-order valence-electron chi connectivity index (χ3n) is 1.89. The van der Waals surface area contributed by atoms with E-state index in [1.54, 1.807) is 24.3 Å². The van der Waals surface area contributed by atoms with E-state index in [2.05, 4.69) is 25.7 Å². The number of hydrogen-bond donors (Lipinski definition) is 3. The van der Waals surface area contributed by atoms with Crippen LogP contribution in [0.4, 0.5) is 5.95 Å². The third kappa shape index (κ3) is 2.88. The summed E-state index contributed by atoms with van der Waals surface area (Å²) in [7, 11) is 0. The van der Waals surface area contributed by atoms with Crippen molar-refractivity contribution in [1.29, 1.82) is 0 Å². The van der Waals surface area contributed by atoms with Crippen LogP contribution in [-0.2, 0) is 0 Å². The highest BCUT2D eigenvalue weighted by Crippen LogP contribution is 2.12. The number of nitrogens with zero attached hydrogens (tertiary/aromatic N) is 3. The van der Waals surface area contributed by atoms with E-state index >= 15 is 0 Å². The van der Waals surface area contributed by atoms with Gasteiger partial charge in [-0.15, -0.1) is 10.2 Å². The Balaban J connectivity index is 2.08. The van der Waals surface area contributed by atoms with E-state index in [0.717, 1.165) is 6.20 Å². The average Bonchev–Trinajstić information content (AvgIpc) is 2.32. The van der Waals surface area contributed by atoms with Gasteiger partial charge in [0.15, 0.2) is 0 Å². The second kappa shape index (κ2) is 4.88. The Kier molecular flexibility index (Phi) is 3.10. The number of aromatic nitrogens is 3. The van der Waals surface area contributed by atoms with Gasteiger partial charge in [0.1, 0.15) is 11.9 Å². The molecule has 1 aromatic heterocycles. The number of hydrogen-bond acceptors (Lipinski definition) is 6. The Morgan fingerprint density at radius 3 is 3.00 bits per heavy atom. The Labute approximate surface area is 95.9 Å². The van der Waals surface area contributed by atoms with Crippen molar-refractivity contribution in [3.8, 4) is 5.75 Å². The van der Waals surface area contributed by atoms with Gasteiger partial charge in [-0.2, -0.15) is 5.10 Å². The molecule has 0 amide bonds. The molecule has 7 heteroatoms. The average molecular weight is 231 g/mol. The second-order valence-corrected chi connectivity index (χ2v) is 3.11. The van der Waals surface area contributed by atoms with Gasteiger partial charge in [-0.1, -0.05) is 12.1 Å². The Bertz CT molecular complexity index is 593. The minimum absolute atomic E-state index is 0.116. The van der Waals surface area contributed by atoms with Crippen molar-refractivity contribution in [1.82, 2.24) is 15.2 Å². The number of H-pyrrole nitrogens is 1. The fourth-order valence-corrected chi connectivity index (χ4v) is 1.12. The first-order chi connectivity index (χ1) is 8.25. The zero-order valence-electron chi connectivity index (χ0n) is 8.66. The van der Waals surface area contributed by atoms with Crippen LogP contribution >= 0.6 is 0 Å². The lowest BCUT2D eigenvalue weighted by Gasteiger charge is -1.98. The lowest BCUT2D eigenvalue weighted by atomic mass is 10.2. The van der Waals surface area contributed by atoms with Crippen molar-refractivity contribution in [3.05, 3.63) is 46.4 Å². The lowest BCUT2D eigenvalue weighted by molar-refractivity contribution is 0.474. The molecule has 0 spiro atoms. The molecule has 86 valence electrons. The highest BCUT2D eigenvalue weighted by Gasteiger charge is 1.95. The number of nitrogens with one attached hydrogen (secondary N) is 2. The molecule has 0 bridgehead atoms. The molecule has 0 saturated heterocycles. The lowest BCUT2D eigenvalue weighted by Crippen LogP contribution is -2.10. The first-order valence-electron chi connectivity index (χ1n) is 4.75. The monoisotopic (exact) mass is 231 g/mol. The van der Waals surface area contributed by atoms with E-state index in [4.69, 9.17) is 0 Å². The maximum atomic E-state index is 10.9. The van der Waals surface area contributed by atoms with E-state index in [9.17, 15) is 9.90 Å². The Hall–Kier alpha value is -2.70. The highest BCUT2D eigenvalue weighted by molar-refractivity contribution is 5.83. The molecule has 7 nitrogen and oxygen atoms in total. The van der Waals surface area contributed by atoms with E-state index in [1.807, 2.05) is 0 Å². The van der Waals surface area contributed by atoms with Gasteiger partial charge in [-0.3, -0.25) is 9.78 Å². The first kappa shape index (κ1) is 10.8. The molecular formula is C10H9N5O2. The molecule has 0 unspecified atom stereocenters. The molecule has 0 aliphatic rings. The van der Waals surface area contributed by atoms with Gasteiger partial charge in [0.25, 0.3) is 5.56 Å². The molecule has 1 aromatic carbocycles. The van der Waals surface area contributed by atoms with Gasteiger partial charge in [0, 0.05) is 5.56 Å². The molecule has 3 N–H and O–H groups in total. The van der Waals surface area contributed by atoms with Gasteiger partial charge in [-0.25, -0.2) is 5.43 Å². The van der Waals surface area contributed by atoms with Gasteiger partial charge >= 0.3 is 0 Å². The fraction of sp³-hybridized carbons (Fsp3) is 0. The Morgan fingerprint density at radius 2 is 2.24 bits per heavy atom. The number of hydrazone groups is 1. The third-order valence-corrected chi connectivity index (χ3v) is 1.89. The van der Waals surface area contributed by atoms with E-state index in [1.165, 1.54) is 6.21 Å². The molecule has 0 radical (unpaired) electrons. The number of phenols is 1. The van der Waals surface area contributed by atoms with E-state index in [-0.39, 0.29) is 17.3 Å². The minimum atomic E-state index is -0.375. The van der Waals surface area contributed by atoms with Crippen LogP contribution in [0.25, 0.3) is 0 Å². The predicted octanol–water partition coefficient (Wildman–Crippen LogP) is 0.316. The normalized spacial score (nSPS) is 10.6. The Morgan fingerprint density at radius 1 is 1.41 bits per heavy atom. The van der Waals surface area contributed by atoms with Gasteiger partial charge < -0.3 is 5.11 Å². The summed E-state index contributed by atoms with van der Waals surface area (Å²) in [5.74, 6) is 0.245. The minimum Gasteiger partial charge on any atom is -0.507 e. The fourth-order valence-electron chi connectivity index (χ4n) is 1.12. The summed E-state index contributed by atoms with van der Waals surface area (Å²) in [5.41, 5.74) is 2.66. The number of rotatable bonds is 3. The molecule has 1 heterocycles. The smallest absolute Gasteiger partial charge is 0.271 e. The molecule has 0 aliphatic carbocycles. The zero-order chi connectivity index (χ0) is 12.1. The molecule has 0 atom stereocenters. The number of aromatic hydroxyl groups is 1. The van der Waals surface area contributed by atoms with Crippen LogP contribution in [0.1, 0.15) is 5.56 Å². The summed E-state index contributed by atoms with van der Waals surface area (Å²) < 4.78 is 0. The molecule has 0 aliphatic heterocycles. The largest absolute Gasteiger partial charge is 0.507 e. The van der Waals surface area contributed by atoms with Crippen LogP contribution in [0, 0.1) is 0 Å². The van der Waals surface area contributed by atoms with Crippen LogP contribution < -0.4 is 11.0 Å². The van der Waals surface area contributed by atoms with Gasteiger partial charge in [0.05, 0.1) is 6.21 Å². The van der Waals surface area contributed by atoms with Gasteiger partial charge in [-0.05, 0) is 12.1 Å². The molecule has 17 heavy (non-hydrogen) atoms. The number of aromatic amines is 1. The van der Waals surface area contributed by atoms with Gasteiger partial charge in [0.2, 0.25) is 5.95 Å². The summed E-state index contributed by atoms with van der Waals surface area (Å²) in [6.45, 7) is 0. The van der Waals surface area contributed by atoms with Crippen molar-refractivity contribution >= 4 is 12.2 Å². The first-order valence-corrected chi connectivity index (χ1v) is 4.75. The molecule has 0 fully saturated rings. The maximum absolute atomic E-state index is 10.9. The van der Waals surface area contributed by atoms with Crippen LogP contribution in [-0.4, -0.2) is 26.5 Å². The molecule has 0 saturated carbocycles. The summed E-state index contributed by atoms with van der Waals surface area (Å²) in [6, 6.07) is 6.72. The van der Waals surface area contributed by atoms with Crippen molar-refractivity contribution in [2.45, 2.75) is 0 Å². The molecule has 2 rings (SSSR count). The van der Waals surface area contributed by atoms with Crippen LogP contribution in [0.2, 0.25) is 0 Å².